The minimum Gasteiger partial charge on any atom is -0.0914 e. The Morgan fingerprint density at radius 3 is 1.17 bits per heavy atom. The quantitative estimate of drug-likeness (QED) is 0.545. The fourth-order valence-electron chi connectivity index (χ4n) is 1.33. The van der Waals surface area contributed by atoms with Gasteiger partial charge in [-0.15, -0.1) is 0 Å². The van der Waals surface area contributed by atoms with Gasteiger partial charge in [-0.05, 0) is 10.8 Å². The zero-order valence-electron chi connectivity index (χ0n) is 10.1. The Hall–Kier alpha value is 0.0649. The zero-order valence-corrected chi connectivity index (χ0v) is 10.1. The smallest absolute Gasteiger partial charge is 0.0914 e. The molecule has 0 rings (SSSR count). The molecule has 0 saturated carbocycles. The molecule has 0 aromatic carbocycles. The van der Waals surface area contributed by atoms with Gasteiger partial charge in [0.2, 0.25) is 0 Å². The van der Waals surface area contributed by atoms with E-state index < -0.39 is 0 Å². The third-order valence-electron chi connectivity index (χ3n) is 4.21. The van der Waals surface area contributed by atoms with Crippen molar-refractivity contribution in [1.82, 2.24) is 0 Å². The van der Waals surface area contributed by atoms with Gasteiger partial charge in [0.25, 0.3) is 0 Å². The molecule has 0 atom stereocenters. The van der Waals surface area contributed by atoms with Crippen LogP contribution in [0.3, 0.4) is 0 Å². The van der Waals surface area contributed by atoms with Crippen molar-refractivity contribution in [3.8, 4) is 0 Å². The molecule has 71 valence electrons. The molecule has 0 aliphatic carbocycles. The third kappa shape index (κ3) is 1.86. The summed E-state index contributed by atoms with van der Waals surface area (Å²) in [6.07, 6.45) is 0. The highest BCUT2D eigenvalue weighted by molar-refractivity contribution is 6.38. The van der Waals surface area contributed by atoms with Gasteiger partial charge in [-0.25, -0.2) is 0 Å². The van der Waals surface area contributed by atoms with Crippen molar-refractivity contribution < 1.29 is 0 Å². The van der Waals surface area contributed by atoms with E-state index in [4.69, 9.17) is 0 Å². The van der Waals surface area contributed by atoms with E-state index in [1.807, 2.05) is 0 Å². The van der Waals surface area contributed by atoms with Gasteiger partial charge in [-0.3, -0.25) is 0 Å². The molecule has 0 aliphatic heterocycles. The van der Waals surface area contributed by atoms with Gasteiger partial charge >= 0.3 is 0 Å². The molecule has 0 aliphatic rings. The zero-order chi connectivity index (χ0) is 10.2. The average molecular weight is 167 g/mol. The van der Waals surface area contributed by atoms with Gasteiger partial charge in [0.05, 0.1) is 0 Å². The molecule has 0 spiro atoms. The first-order valence-corrected chi connectivity index (χ1v) is 4.87. The molecule has 1 radical (unpaired) electrons. The summed E-state index contributed by atoms with van der Waals surface area (Å²) in [5, 5.41) is 0.297. The molecule has 0 unspecified atom stereocenters. The van der Waals surface area contributed by atoms with Gasteiger partial charge < -0.3 is 0 Å². The fourth-order valence-corrected chi connectivity index (χ4v) is 1.33. The van der Waals surface area contributed by atoms with Crippen molar-refractivity contribution >= 4 is 7.28 Å². The summed E-state index contributed by atoms with van der Waals surface area (Å²) in [7, 11) is 2.32. The van der Waals surface area contributed by atoms with Crippen LogP contribution >= 0.6 is 0 Å². The second-order valence-electron chi connectivity index (χ2n) is 5.89. The number of hydrogen-bond acceptors (Lipinski definition) is 0. The lowest BCUT2D eigenvalue weighted by Gasteiger charge is -2.50. The van der Waals surface area contributed by atoms with Gasteiger partial charge in [-0.1, -0.05) is 60.6 Å². The predicted octanol–water partition coefficient (Wildman–Crippen LogP) is 4.01. The van der Waals surface area contributed by atoms with E-state index in [1.54, 1.807) is 0 Å². The van der Waals surface area contributed by atoms with Crippen LogP contribution in [0.4, 0.5) is 0 Å². The minimum absolute atomic E-state index is 0.297. The van der Waals surface area contributed by atoms with Crippen LogP contribution in [0.5, 0.6) is 0 Å². The Morgan fingerprint density at radius 2 is 1.08 bits per heavy atom. The Kier molecular flexibility index (Phi) is 3.10. The van der Waals surface area contributed by atoms with E-state index in [0.29, 0.717) is 16.1 Å². The van der Waals surface area contributed by atoms with E-state index in [2.05, 4.69) is 62.6 Å². The topological polar surface area (TPSA) is 0 Å². The Balaban J connectivity index is 4.85. The SMILES string of the molecule is C[B]C(C)(C)C(C)(C)C(C)(C)C. The highest BCUT2D eigenvalue weighted by atomic mass is 14.4. The molecule has 1 heteroatoms. The van der Waals surface area contributed by atoms with Crippen LogP contribution in [-0.2, 0) is 0 Å². The summed E-state index contributed by atoms with van der Waals surface area (Å²) in [5.41, 5.74) is 0.678. The second kappa shape index (κ2) is 3.08. The molecular formula is C11H24B. The molecule has 0 nitrogen and oxygen atoms in total. The van der Waals surface area contributed by atoms with E-state index in [-0.39, 0.29) is 0 Å². The first kappa shape index (κ1) is 12.1. The van der Waals surface area contributed by atoms with Crippen molar-refractivity contribution in [3.05, 3.63) is 0 Å². The fraction of sp³-hybridized carbons (Fsp3) is 1.00. The average Bonchev–Trinajstić information content (AvgIpc) is 1.85. The van der Waals surface area contributed by atoms with Gasteiger partial charge in [0.15, 0.2) is 0 Å². The summed E-state index contributed by atoms with van der Waals surface area (Å²) in [6, 6.07) is 0. The maximum absolute atomic E-state index is 2.35. The molecule has 12 heavy (non-hydrogen) atoms. The highest BCUT2D eigenvalue weighted by Gasteiger charge is 2.43. The standard InChI is InChI=1S/C11H24B/c1-9(2,3)10(4,5)11(6,7)12-8/h1-8H3. The first-order chi connectivity index (χ1) is 5.06. The van der Waals surface area contributed by atoms with Gasteiger partial charge in [0.1, 0.15) is 7.28 Å². The van der Waals surface area contributed by atoms with Crippen LogP contribution in [0.25, 0.3) is 0 Å². The van der Waals surface area contributed by atoms with Crippen LogP contribution in [0.2, 0.25) is 12.1 Å². The van der Waals surface area contributed by atoms with Crippen molar-refractivity contribution in [3.63, 3.8) is 0 Å². The van der Waals surface area contributed by atoms with Gasteiger partial charge in [0, 0.05) is 0 Å². The monoisotopic (exact) mass is 167 g/mol. The third-order valence-corrected chi connectivity index (χ3v) is 4.21. The Morgan fingerprint density at radius 1 is 0.750 bits per heavy atom. The van der Waals surface area contributed by atoms with Crippen molar-refractivity contribution in [2.45, 2.75) is 60.6 Å². The molecule has 0 aromatic rings. The summed E-state index contributed by atoms with van der Waals surface area (Å²) in [5.74, 6) is 0. The molecule has 0 heterocycles. The second-order valence-corrected chi connectivity index (χ2v) is 5.89. The van der Waals surface area contributed by atoms with Crippen molar-refractivity contribution in [2.75, 3.05) is 0 Å². The predicted molar refractivity (Wildman–Crippen MR) is 58.9 cm³/mol. The molecule has 0 amide bonds. The van der Waals surface area contributed by atoms with E-state index in [0.717, 1.165) is 0 Å². The molecule has 0 N–H and O–H groups in total. The lowest BCUT2D eigenvalue weighted by atomic mass is 9.40. The lowest BCUT2D eigenvalue weighted by molar-refractivity contribution is 0.0831. The summed E-state index contributed by atoms with van der Waals surface area (Å²) < 4.78 is 0. The Bertz CT molecular complexity index is 149. The highest BCUT2D eigenvalue weighted by Crippen LogP contribution is 2.54. The molecular weight excluding hydrogens is 143 g/mol. The van der Waals surface area contributed by atoms with Crippen LogP contribution < -0.4 is 0 Å². The Labute approximate surface area is 79.4 Å². The van der Waals surface area contributed by atoms with Crippen LogP contribution in [0.1, 0.15) is 48.5 Å². The molecule has 0 aromatic heterocycles. The summed E-state index contributed by atoms with van der Waals surface area (Å²) in [6.45, 7) is 18.5. The van der Waals surface area contributed by atoms with Crippen molar-refractivity contribution in [2.24, 2.45) is 10.8 Å². The minimum atomic E-state index is 0.297. The molecule has 0 bridgehead atoms. The first-order valence-electron chi connectivity index (χ1n) is 4.87. The normalized spacial score (nSPS) is 14.7. The van der Waals surface area contributed by atoms with Crippen LogP contribution in [0, 0.1) is 10.8 Å². The van der Waals surface area contributed by atoms with E-state index in [9.17, 15) is 0 Å². The van der Waals surface area contributed by atoms with Crippen LogP contribution in [-0.4, -0.2) is 7.28 Å². The number of hydrogen-bond donors (Lipinski definition) is 0. The van der Waals surface area contributed by atoms with E-state index >= 15 is 0 Å². The van der Waals surface area contributed by atoms with Gasteiger partial charge in [-0.2, -0.15) is 0 Å². The summed E-state index contributed by atoms with van der Waals surface area (Å²) in [4.78, 5) is 0. The maximum Gasteiger partial charge on any atom is 0.114 e. The number of rotatable bonds is 2. The lowest BCUT2D eigenvalue weighted by Crippen LogP contribution is -2.41. The molecule has 0 fully saturated rings. The van der Waals surface area contributed by atoms with E-state index in [1.165, 1.54) is 0 Å². The molecule has 0 saturated heterocycles. The van der Waals surface area contributed by atoms with Crippen molar-refractivity contribution in [1.29, 1.82) is 0 Å². The largest absolute Gasteiger partial charge is 0.114 e. The van der Waals surface area contributed by atoms with Crippen LogP contribution in [0.15, 0.2) is 0 Å². The summed E-state index contributed by atoms with van der Waals surface area (Å²) >= 11 is 0. The maximum atomic E-state index is 2.35.